The van der Waals surface area contributed by atoms with Gasteiger partial charge < -0.3 is 19.5 Å². The molecule has 2 aliphatic heterocycles. The molecular formula is C23H24N2O4S2. The van der Waals surface area contributed by atoms with E-state index in [2.05, 4.69) is 36.2 Å². The summed E-state index contributed by atoms with van der Waals surface area (Å²) in [5.41, 5.74) is 3.48. The van der Waals surface area contributed by atoms with Crippen LogP contribution in [0.4, 0.5) is 5.00 Å². The zero-order valence-corrected chi connectivity index (χ0v) is 19.1. The third kappa shape index (κ3) is 3.96. The summed E-state index contributed by atoms with van der Waals surface area (Å²) in [6.45, 7) is 7.54. The van der Waals surface area contributed by atoms with Gasteiger partial charge in [-0.1, -0.05) is 12.1 Å². The van der Waals surface area contributed by atoms with Gasteiger partial charge in [0.2, 0.25) is 6.79 Å². The van der Waals surface area contributed by atoms with Crippen molar-refractivity contribution in [3.63, 3.8) is 0 Å². The van der Waals surface area contributed by atoms with Crippen LogP contribution in [0, 0.1) is 13.8 Å². The van der Waals surface area contributed by atoms with Crippen LogP contribution >= 0.6 is 22.7 Å². The summed E-state index contributed by atoms with van der Waals surface area (Å²) in [6.07, 6.45) is 0. The van der Waals surface area contributed by atoms with Crippen molar-refractivity contribution >= 4 is 33.6 Å². The molecule has 1 saturated heterocycles. The lowest BCUT2D eigenvalue weighted by Gasteiger charge is -2.35. The van der Waals surface area contributed by atoms with Crippen molar-refractivity contribution in [2.24, 2.45) is 0 Å². The molecule has 0 bridgehead atoms. The van der Waals surface area contributed by atoms with Gasteiger partial charge in [-0.25, -0.2) is 0 Å². The maximum absolute atomic E-state index is 12.9. The Labute approximate surface area is 189 Å². The molecule has 31 heavy (non-hydrogen) atoms. The SMILES string of the molecule is Cc1sc(NC(=O)c2cccs2)c([C@@H](c2ccc3c(c2)OCO3)N2CCOCC2)c1C. The van der Waals surface area contributed by atoms with E-state index in [4.69, 9.17) is 14.2 Å². The summed E-state index contributed by atoms with van der Waals surface area (Å²) < 4.78 is 16.8. The van der Waals surface area contributed by atoms with Crippen molar-refractivity contribution in [2.45, 2.75) is 19.9 Å². The van der Waals surface area contributed by atoms with Crippen molar-refractivity contribution in [1.82, 2.24) is 4.90 Å². The molecule has 0 radical (unpaired) electrons. The summed E-state index contributed by atoms with van der Waals surface area (Å²) in [4.78, 5) is 17.2. The smallest absolute Gasteiger partial charge is 0.266 e. The average Bonchev–Trinajstić information content (AvgIpc) is 3.52. The van der Waals surface area contributed by atoms with Gasteiger partial charge in [0, 0.05) is 23.5 Å². The van der Waals surface area contributed by atoms with Crippen LogP contribution in [0.1, 0.15) is 37.3 Å². The van der Waals surface area contributed by atoms with Gasteiger partial charge in [-0.15, -0.1) is 22.7 Å². The number of rotatable bonds is 5. The predicted molar refractivity (Wildman–Crippen MR) is 123 cm³/mol. The molecule has 0 unspecified atom stereocenters. The fourth-order valence-corrected chi connectivity index (χ4v) is 5.82. The second kappa shape index (κ2) is 8.63. The predicted octanol–water partition coefficient (Wildman–Crippen LogP) is 4.83. The van der Waals surface area contributed by atoms with Crippen LogP contribution in [0.2, 0.25) is 0 Å². The van der Waals surface area contributed by atoms with Crippen LogP contribution < -0.4 is 14.8 Å². The fourth-order valence-electron chi connectivity index (χ4n) is 4.12. The Morgan fingerprint density at radius 2 is 1.94 bits per heavy atom. The Balaban J connectivity index is 1.58. The number of benzene rings is 1. The highest BCUT2D eigenvalue weighted by atomic mass is 32.1. The van der Waals surface area contributed by atoms with Crippen LogP contribution in [-0.4, -0.2) is 43.9 Å². The third-order valence-electron chi connectivity index (χ3n) is 5.80. The third-order valence-corrected chi connectivity index (χ3v) is 7.81. The van der Waals surface area contributed by atoms with Gasteiger partial charge in [0.25, 0.3) is 5.91 Å². The lowest BCUT2D eigenvalue weighted by molar-refractivity contribution is 0.0240. The highest BCUT2D eigenvalue weighted by Crippen LogP contribution is 2.44. The van der Waals surface area contributed by atoms with Gasteiger partial charge in [-0.3, -0.25) is 9.69 Å². The second-order valence-electron chi connectivity index (χ2n) is 7.62. The molecule has 2 aromatic heterocycles. The molecule has 162 valence electrons. The molecule has 3 aromatic rings. The minimum atomic E-state index is -0.0658. The first-order valence-electron chi connectivity index (χ1n) is 10.3. The normalized spacial score (nSPS) is 17.0. The molecule has 0 spiro atoms. The van der Waals surface area contributed by atoms with Crippen LogP contribution in [-0.2, 0) is 4.74 Å². The highest BCUT2D eigenvalue weighted by molar-refractivity contribution is 7.17. The number of carbonyl (C=O) groups is 1. The molecule has 4 heterocycles. The molecule has 0 aliphatic carbocycles. The van der Waals surface area contributed by atoms with Gasteiger partial charge in [0.15, 0.2) is 11.5 Å². The van der Waals surface area contributed by atoms with E-state index < -0.39 is 0 Å². The van der Waals surface area contributed by atoms with Crippen LogP contribution in [0.3, 0.4) is 0 Å². The number of fused-ring (bicyclic) bond motifs is 1. The van der Waals surface area contributed by atoms with Crippen molar-refractivity contribution in [1.29, 1.82) is 0 Å². The van der Waals surface area contributed by atoms with E-state index in [1.54, 1.807) is 11.3 Å². The summed E-state index contributed by atoms with van der Waals surface area (Å²) in [5.74, 6) is 1.47. The van der Waals surface area contributed by atoms with Gasteiger partial charge in [-0.2, -0.15) is 0 Å². The number of hydrogen-bond acceptors (Lipinski definition) is 7. The highest BCUT2D eigenvalue weighted by Gasteiger charge is 2.31. The van der Waals surface area contributed by atoms with E-state index in [0.29, 0.717) is 18.1 Å². The number of thiophene rings is 2. The maximum Gasteiger partial charge on any atom is 0.266 e. The lowest BCUT2D eigenvalue weighted by Crippen LogP contribution is -2.39. The number of nitrogens with zero attached hydrogens (tertiary/aromatic N) is 1. The number of aryl methyl sites for hydroxylation is 1. The molecule has 0 saturated carbocycles. The Bertz CT molecular complexity index is 1090. The standard InChI is InChI=1S/C23H24N2O4S2/c1-14-15(2)31-23(24-22(26)19-4-3-11-30-19)20(14)21(25-7-9-27-10-8-25)16-5-6-17-18(12-16)29-13-28-17/h3-6,11-12,21H,7-10,13H2,1-2H3,(H,24,26)/t21-/m1/s1. The monoisotopic (exact) mass is 456 g/mol. The van der Waals surface area contributed by atoms with E-state index in [1.807, 2.05) is 23.6 Å². The van der Waals surface area contributed by atoms with E-state index in [9.17, 15) is 4.79 Å². The minimum absolute atomic E-state index is 0.0121. The van der Waals surface area contributed by atoms with Crippen molar-refractivity contribution in [3.8, 4) is 11.5 Å². The Kier molecular flexibility index (Phi) is 5.71. The number of ether oxygens (including phenoxy) is 3. The molecule has 1 fully saturated rings. The van der Waals surface area contributed by atoms with Gasteiger partial charge in [-0.05, 0) is 48.6 Å². The summed E-state index contributed by atoms with van der Waals surface area (Å²) in [7, 11) is 0. The lowest BCUT2D eigenvalue weighted by atomic mass is 9.94. The quantitative estimate of drug-likeness (QED) is 0.596. The minimum Gasteiger partial charge on any atom is -0.454 e. The zero-order chi connectivity index (χ0) is 21.4. The number of hydrogen-bond donors (Lipinski definition) is 1. The largest absolute Gasteiger partial charge is 0.454 e. The number of nitrogens with one attached hydrogen (secondary N) is 1. The first kappa shape index (κ1) is 20.5. The van der Waals surface area contributed by atoms with E-state index in [1.165, 1.54) is 21.8 Å². The molecular weight excluding hydrogens is 432 g/mol. The second-order valence-corrected chi connectivity index (χ2v) is 9.79. The fraction of sp³-hybridized carbons (Fsp3) is 0.348. The van der Waals surface area contributed by atoms with Gasteiger partial charge in [0.1, 0.15) is 5.00 Å². The van der Waals surface area contributed by atoms with Crippen LogP contribution in [0.5, 0.6) is 11.5 Å². The van der Waals surface area contributed by atoms with E-state index in [-0.39, 0.29) is 18.7 Å². The molecule has 1 atom stereocenters. The van der Waals surface area contributed by atoms with Crippen LogP contribution in [0.15, 0.2) is 35.7 Å². The summed E-state index contributed by atoms with van der Waals surface area (Å²) in [5, 5.41) is 6.02. The molecule has 5 rings (SSSR count). The van der Waals surface area contributed by atoms with Crippen LogP contribution in [0.25, 0.3) is 0 Å². The maximum atomic E-state index is 12.9. The van der Waals surface area contributed by atoms with Gasteiger partial charge in [0.05, 0.1) is 24.1 Å². The average molecular weight is 457 g/mol. The van der Waals surface area contributed by atoms with E-state index in [0.717, 1.165) is 40.7 Å². The number of anilines is 1. The molecule has 1 N–H and O–H groups in total. The molecule has 1 aromatic carbocycles. The summed E-state index contributed by atoms with van der Waals surface area (Å²) >= 11 is 3.09. The van der Waals surface area contributed by atoms with Crippen molar-refractivity contribution < 1.29 is 19.0 Å². The molecule has 2 aliphatic rings. The summed E-state index contributed by atoms with van der Waals surface area (Å²) in [6, 6.07) is 9.88. The Morgan fingerprint density at radius 3 is 2.71 bits per heavy atom. The molecule has 1 amide bonds. The topological polar surface area (TPSA) is 60.0 Å². The van der Waals surface area contributed by atoms with Crippen molar-refractivity contribution in [2.75, 3.05) is 38.4 Å². The molecule has 8 heteroatoms. The first-order chi connectivity index (χ1) is 15.1. The first-order valence-corrected chi connectivity index (χ1v) is 12.0. The molecule has 6 nitrogen and oxygen atoms in total. The zero-order valence-electron chi connectivity index (χ0n) is 17.5. The number of amides is 1. The van der Waals surface area contributed by atoms with Crippen molar-refractivity contribution in [3.05, 3.63) is 62.2 Å². The Hall–Kier alpha value is -2.39. The van der Waals surface area contributed by atoms with Gasteiger partial charge >= 0.3 is 0 Å². The Morgan fingerprint density at radius 1 is 1.13 bits per heavy atom. The number of morpholine rings is 1. The van der Waals surface area contributed by atoms with E-state index >= 15 is 0 Å². The number of carbonyl (C=O) groups excluding carboxylic acids is 1.